The van der Waals surface area contributed by atoms with E-state index in [0.29, 0.717) is 12.5 Å². The average molecular weight is 186 g/mol. The fraction of sp³-hybridized carbons (Fsp3) is 0.200. The first-order valence-electron chi connectivity index (χ1n) is 4.30. The molecule has 2 heterocycles. The SMILES string of the molecule is C#CCNc1nc2cc(C)ccn2n1. The van der Waals surface area contributed by atoms with Crippen LogP contribution in [-0.2, 0) is 0 Å². The van der Waals surface area contributed by atoms with Crippen molar-refractivity contribution in [2.45, 2.75) is 6.92 Å². The van der Waals surface area contributed by atoms with Gasteiger partial charge in [-0.2, -0.15) is 4.98 Å². The Balaban J connectivity index is 2.37. The molecule has 4 nitrogen and oxygen atoms in total. The standard InChI is InChI=1S/C10H10N4/c1-3-5-11-10-12-9-7-8(2)4-6-14(9)13-10/h1,4,6-7H,5H2,2H3,(H,11,13). The highest BCUT2D eigenvalue weighted by atomic mass is 15.3. The summed E-state index contributed by atoms with van der Waals surface area (Å²) in [7, 11) is 0. The molecule has 2 aromatic rings. The number of pyridine rings is 1. The van der Waals surface area contributed by atoms with Crippen LogP contribution in [0.15, 0.2) is 18.3 Å². The summed E-state index contributed by atoms with van der Waals surface area (Å²) in [6, 6.07) is 3.95. The van der Waals surface area contributed by atoms with Gasteiger partial charge in [-0.3, -0.25) is 0 Å². The first-order chi connectivity index (χ1) is 6.79. The van der Waals surface area contributed by atoms with Crippen LogP contribution in [0.3, 0.4) is 0 Å². The Kier molecular flexibility index (Phi) is 2.07. The Hall–Kier alpha value is -2.02. The Labute approximate surface area is 82.0 Å². The molecule has 0 fully saturated rings. The molecule has 70 valence electrons. The van der Waals surface area contributed by atoms with E-state index >= 15 is 0 Å². The van der Waals surface area contributed by atoms with E-state index in [-0.39, 0.29) is 0 Å². The number of hydrogen-bond acceptors (Lipinski definition) is 3. The van der Waals surface area contributed by atoms with Gasteiger partial charge in [0.15, 0.2) is 5.65 Å². The van der Waals surface area contributed by atoms with E-state index in [1.54, 1.807) is 4.52 Å². The second-order valence-corrected chi connectivity index (χ2v) is 3.00. The van der Waals surface area contributed by atoms with Crippen LogP contribution in [0.25, 0.3) is 5.65 Å². The van der Waals surface area contributed by atoms with Crippen molar-refractivity contribution in [1.29, 1.82) is 0 Å². The lowest BCUT2D eigenvalue weighted by molar-refractivity contribution is 0.957. The monoisotopic (exact) mass is 186 g/mol. The number of rotatable bonds is 2. The normalized spacial score (nSPS) is 10.0. The van der Waals surface area contributed by atoms with Crippen molar-refractivity contribution in [2.24, 2.45) is 0 Å². The molecule has 1 N–H and O–H groups in total. The number of fused-ring (bicyclic) bond motifs is 1. The van der Waals surface area contributed by atoms with Crippen molar-refractivity contribution < 1.29 is 0 Å². The van der Waals surface area contributed by atoms with Crippen LogP contribution in [0.1, 0.15) is 5.56 Å². The van der Waals surface area contributed by atoms with Crippen molar-refractivity contribution in [2.75, 3.05) is 11.9 Å². The summed E-state index contributed by atoms with van der Waals surface area (Å²) >= 11 is 0. The fourth-order valence-corrected chi connectivity index (χ4v) is 1.19. The van der Waals surface area contributed by atoms with Gasteiger partial charge in [-0.1, -0.05) is 5.92 Å². The van der Waals surface area contributed by atoms with E-state index in [2.05, 4.69) is 21.3 Å². The zero-order chi connectivity index (χ0) is 9.97. The van der Waals surface area contributed by atoms with Crippen LogP contribution in [-0.4, -0.2) is 21.1 Å². The lowest BCUT2D eigenvalue weighted by Crippen LogP contribution is -1.99. The molecule has 0 aliphatic carbocycles. The zero-order valence-corrected chi connectivity index (χ0v) is 7.86. The van der Waals surface area contributed by atoms with Crippen molar-refractivity contribution in [1.82, 2.24) is 14.6 Å². The van der Waals surface area contributed by atoms with Crippen molar-refractivity contribution in [3.8, 4) is 12.3 Å². The van der Waals surface area contributed by atoms with E-state index in [1.807, 2.05) is 25.3 Å². The number of terminal acetylenes is 1. The summed E-state index contributed by atoms with van der Waals surface area (Å²) in [6.07, 6.45) is 6.99. The molecule has 2 rings (SSSR count). The van der Waals surface area contributed by atoms with Gasteiger partial charge in [-0.25, -0.2) is 4.52 Å². The molecule has 0 bridgehead atoms. The molecule has 0 saturated carbocycles. The maximum absolute atomic E-state index is 5.12. The molecule has 0 aliphatic heterocycles. The fourth-order valence-electron chi connectivity index (χ4n) is 1.19. The van der Waals surface area contributed by atoms with Crippen LogP contribution in [0.5, 0.6) is 0 Å². The molecule has 0 aliphatic rings. The molecule has 0 saturated heterocycles. The smallest absolute Gasteiger partial charge is 0.243 e. The van der Waals surface area contributed by atoms with E-state index in [1.165, 1.54) is 0 Å². The second-order valence-electron chi connectivity index (χ2n) is 3.00. The summed E-state index contributed by atoms with van der Waals surface area (Å²) in [5.41, 5.74) is 1.98. The third-order valence-electron chi connectivity index (χ3n) is 1.84. The van der Waals surface area contributed by atoms with Gasteiger partial charge >= 0.3 is 0 Å². The molecular formula is C10H10N4. The number of aryl methyl sites for hydroxylation is 1. The van der Waals surface area contributed by atoms with Crippen LogP contribution >= 0.6 is 0 Å². The summed E-state index contributed by atoms with van der Waals surface area (Å²) < 4.78 is 1.71. The first kappa shape index (κ1) is 8.57. The Morgan fingerprint density at radius 3 is 3.29 bits per heavy atom. The van der Waals surface area contributed by atoms with Gasteiger partial charge in [0, 0.05) is 6.20 Å². The molecular weight excluding hydrogens is 176 g/mol. The van der Waals surface area contributed by atoms with Crippen LogP contribution < -0.4 is 5.32 Å². The topological polar surface area (TPSA) is 42.2 Å². The molecule has 0 radical (unpaired) electrons. The molecule has 0 atom stereocenters. The summed E-state index contributed by atoms with van der Waals surface area (Å²) in [5, 5.41) is 7.11. The van der Waals surface area contributed by atoms with Gasteiger partial charge in [-0.15, -0.1) is 11.5 Å². The van der Waals surface area contributed by atoms with Gasteiger partial charge in [-0.05, 0) is 24.6 Å². The maximum atomic E-state index is 5.12. The lowest BCUT2D eigenvalue weighted by atomic mass is 10.3. The molecule has 4 heteroatoms. The average Bonchev–Trinajstić information content (AvgIpc) is 2.56. The minimum Gasteiger partial charge on any atom is -0.342 e. The summed E-state index contributed by atoms with van der Waals surface area (Å²) in [6.45, 7) is 2.46. The minimum absolute atomic E-state index is 0.440. The van der Waals surface area contributed by atoms with Gasteiger partial charge in [0.1, 0.15) is 0 Å². The minimum atomic E-state index is 0.440. The Bertz CT molecular complexity index is 492. The predicted molar refractivity (Wildman–Crippen MR) is 55.0 cm³/mol. The number of nitrogens with one attached hydrogen (secondary N) is 1. The molecule has 0 aromatic carbocycles. The van der Waals surface area contributed by atoms with Crippen LogP contribution in [0, 0.1) is 19.3 Å². The van der Waals surface area contributed by atoms with Gasteiger partial charge in [0.25, 0.3) is 0 Å². The van der Waals surface area contributed by atoms with E-state index in [4.69, 9.17) is 6.42 Å². The molecule has 14 heavy (non-hydrogen) atoms. The first-order valence-corrected chi connectivity index (χ1v) is 4.30. The van der Waals surface area contributed by atoms with Crippen LogP contribution in [0.2, 0.25) is 0 Å². The van der Waals surface area contributed by atoms with Gasteiger partial charge in [0.2, 0.25) is 5.95 Å². The third kappa shape index (κ3) is 1.52. The van der Waals surface area contributed by atoms with Gasteiger partial charge in [0.05, 0.1) is 6.54 Å². The number of hydrogen-bond donors (Lipinski definition) is 1. The van der Waals surface area contributed by atoms with Crippen molar-refractivity contribution >= 4 is 11.6 Å². The quantitative estimate of drug-likeness (QED) is 0.714. The summed E-state index contributed by atoms with van der Waals surface area (Å²) in [5.74, 6) is 3.04. The summed E-state index contributed by atoms with van der Waals surface area (Å²) in [4.78, 5) is 4.26. The van der Waals surface area contributed by atoms with Crippen LogP contribution in [0.4, 0.5) is 5.95 Å². The van der Waals surface area contributed by atoms with Crippen molar-refractivity contribution in [3.63, 3.8) is 0 Å². The van der Waals surface area contributed by atoms with E-state index in [9.17, 15) is 0 Å². The number of anilines is 1. The molecule has 0 spiro atoms. The van der Waals surface area contributed by atoms with Gasteiger partial charge < -0.3 is 5.32 Å². The zero-order valence-electron chi connectivity index (χ0n) is 7.86. The Morgan fingerprint density at radius 2 is 2.50 bits per heavy atom. The highest BCUT2D eigenvalue weighted by Gasteiger charge is 2.01. The highest BCUT2D eigenvalue weighted by molar-refractivity contribution is 5.45. The largest absolute Gasteiger partial charge is 0.342 e. The van der Waals surface area contributed by atoms with E-state index < -0.39 is 0 Å². The third-order valence-corrected chi connectivity index (χ3v) is 1.84. The molecule has 0 unspecified atom stereocenters. The number of nitrogens with zero attached hydrogens (tertiary/aromatic N) is 3. The second kappa shape index (κ2) is 3.38. The highest BCUT2D eigenvalue weighted by Crippen LogP contribution is 2.06. The van der Waals surface area contributed by atoms with E-state index in [0.717, 1.165) is 11.2 Å². The number of aromatic nitrogens is 3. The Morgan fingerprint density at radius 1 is 1.64 bits per heavy atom. The lowest BCUT2D eigenvalue weighted by Gasteiger charge is -1.91. The predicted octanol–water partition coefficient (Wildman–Crippen LogP) is 1.08. The van der Waals surface area contributed by atoms with Crippen molar-refractivity contribution in [3.05, 3.63) is 23.9 Å². The molecule has 2 aromatic heterocycles. The molecule has 0 amide bonds. The maximum Gasteiger partial charge on any atom is 0.243 e.